The van der Waals surface area contributed by atoms with E-state index in [1.165, 1.54) is 57.7 Å². The van der Waals surface area contributed by atoms with Crippen molar-refractivity contribution in [2.75, 3.05) is 23.7 Å². The van der Waals surface area contributed by atoms with Gasteiger partial charge >= 0.3 is 0 Å². The van der Waals surface area contributed by atoms with Crippen LogP contribution in [0.5, 0.6) is 0 Å². The molecule has 1 aliphatic heterocycles. The Bertz CT molecular complexity index is 1010. The van der Waals surface area contributed by atoms with Crippen LogP contribution < -0.4 is 16.0 Å². The maximum absolute atomic E-state index is 12.8. The maximum Gasteiger partial charge on any atom is 0.238 e. The molecule has 1 aromatic carbocycles. The van der Waals surface area contributed by atoms with Crippen LogP contribution in [-0.4, -0.2) is 34.9 Å². The largest absolute Gasteiger partial charge is 0.325 e. The molecular formula is C27H37N5O2. The van der Waals surface area contributed by atoms with E-state index in [0.717, 1.165) is 35.3 Å². The molecule has 0 saturated carbocycles. The van der Waals surface area contributed by atoms with Gasteiger partial charge < -0.3 is 16.0 Å². The second kappa shape index (κ2) is 11.6. The number of benzene rings is 1. The zero-order valence-corrected chi connectivity index (χ0v) is 20.3. The second-order valence-corrected chi connectivity index (χ2v) is 9.71. The van der Waals surface area contributed by atoms with Crippen molar-refractivity contribution in [1.82, 2.24) is 15.3 Å². The maximum atomic E-state index is 12.8. The van der Waals surface area contributed by atoms with Crippen LogP contribution in [0.3, 0.4) is 0 Å². The molecule has 7 nitrogen and oxygen atoms in total. The fraction of sp³-hybridized carbons (Fsp3) is 0.556. The average Bonchev–Trinajstić information content (AvgIpc) is 3.35. The number of hydrogen-bond acceptors (Lipinski definition) is 5. The van der Waals surface area contributed by atoms with Crippen molar-refractivity contribution >= 4 is 23.3 Å². The van der Waals surface area contributed by atoms with E-state index in [1.807, 2.05) is 18.2 Å². The first-order chi connectivity index (χ1) is 16.6. The number of unbranched alkanes of at least 4 members (excludes halogenated alkanes) is 8. The van der Waals surface area contributed by atoms with Crippen LogP contribution in [0.1, 0.15) is 81.4 Å². The number of fused-ring (bicyclic) bond motifs is 3. The Kier molecular flexibility index (Phi) is 8.27. The lowest BCUT2D eigenvalue weighted by Crippen LogP contribution is -2.35. The lowest BCUT2D eigenvalue weighted by Gasteiger charge is -2.19. The van der Waals surface area contributed by atoms with E-state index in [9.17, 15) is 9.59 Å². The van der Waals surface area contributed by atoms with Gasteiger partial charge in [-0.2, -0.15) is 0 Å². The van der Waals surface area contributed by atoms with Crippen LogP contribution in [0, 0.1) is 0 Å². The normalized spacial score (nSPS) is 18.1. The highest BCUT2D eigenvalue weighted by atomic mass is 16.2. The molecule has 0 bridgehead atoms. The van der Waals surface area contributed by atoms with Crippen LogP contribution in [-0.2, 0) is 27.8 Å². The Balaban J connectivity index is 1.18. The molecule has 1 aromatic heterocycles. The van der Waals surface area contributed by atoms with Crippen LogP contribution in [0.15, 0.2) is 30.7 Å². The molecule has 2 aliphatic rings. The minimum atomic E-state index is -0.640. The number of nitrogens with zero attached hydrogens (tertiary/aromatic N) is 2. The quantitative estimate of drug-likeness (QED) is 0.380. The molecule has 1 spiro atoms. The summed E-state index contributed by atoms with van der Waals surface area (Å²) in [7, 11) is 0. The Morgan fingerprint density at radius 3 is 2.56 bits per heavy atom. The number of nitrogens with one attached hydrogen (secondary N) is 3. The molecule has 7 heteroatoms. The van der Waals surface area contributed by atoms with Gasteiger partial charge in [0.25, 0.3) is 0 Å². The lowest BCUT2D eigenvalue weighted by molar-refractivity contribution is -0.120. The van der Waals surface area contributed by atoms with E-state index in [2.05, 4.69) is 32.8 Å². The molecule has 3 N–H and O–H groups in total. The van der Waals surface area contributed by atoms with Gasteiger partial charge in [0.15, 0.2) is 0 Å². The number of hydrogen-bond donors (Lipinski definition) is 3. The van der Waals surface area contributed by atoms with E-state index >= 15 is 0 Å². The summed E-state index contributed by atoms with van der Waals surface area (Å²) in [4.78, 5) is 33.5. The van der Waals surface area contributed by atoms with E-state index in [-0.39, 0.29) is 11.8 Å². The molecule has 2 heterocycles. The van der Waals surface area contributed by atoms with Gasteiger partial charge in [-0.1, -0.05) is 64.4 Å². The lowest BCUT2D eigenvalue weighted by atomic mass is 9.80. The Labute approximate surface area is 202 Å². The zero-order chi connectivity index (χ0) is 23.8. The third-order valence-corrected chi connectivity index (χ3v) is 7.11. The number of amides is 2. The first kappa shape index (κ1) is 24.3. The topological polar surface area (TPSA) is 96.0 Å². The third-order valence-electron chi connectivity index (χ3n) is 7.11. The van der Waals surface area contributed by atoms with Gasteiger partial charge in [-0.3, -0.25) is 9.59 Å². The van der Waals surface area contributed by atoms with Crippen molar-refractivity contribution in [1.29, 1.82) is 0 Å². The molecule has 1 aliphatic carbocycles. The van der Waals surface area contributed by atoms with Crippen LogP contribution in [0.25, 0.3) is 0 Å². The highest BCUT2D eigenvalue weighted by molar-refractivity contribution is 6.06. The molecule has 182 valence electrons. The first-order valence-corrected chi connectivity index (χ1v) is 12.9. The van der Waals surface area contributed by atoms with Crippen molar-refractivity contribution < 1.29 is 9.59 Å². The number of aromatic nitrogens is 2. The van der Waals surface area contributed by atoms with E-state index in [0.29, 0.717) is 25.2 Å². The molecule has 34 heavy (non-hydrogen) atoms. The van der Waals surface area contributed by atoms with Crippen LogP contribution in [0.2, 0.25) is 0 Å². The molecule has 4 rings (SSSR count). The molecule has 0 radical (unpaired) electrons. The van der Waals surface area contributed by atoms with Crippen molar-refractivity contribution in [3.05, 3.63) is 47.4 Å². The average molecular weight is 464 g/mol. The number of anilines is 2. The van der Waals surface area contributed by atoms with E-state index in [4.69, 9.17) is 0 Å². The summed E-state index contributed by atoms with van der Waals surface area (Å²) >= 11 is 0. The van der Waals surface area contributed by atoms with Gasteiger partial charge in [0.1, 0.15) is 12.1 Å². The van der Waals surface area contributed by atoms with Crippen LogP contribution in [0.4, 0.5) is 11.5 Å². The molecule has 2 aromatic rings. The fourth-order valence-electron chi connectivity index (χ4n) is 5.20. The summed E-state index contributed by atoms with van der Waals surface area (Å²) in [5.41, 5.74) is 3.22. The predicted molar refractivity (Wildman–Crippen MR) is 135 cm³/mol. The van der Waals surface area contributed by atoms with Crippen molar-refractivity contribution in [2.45, 2.75) is 83.0 Å². The minimum absolute atomic E-state index is 0.0227. The number of carbonyl (C=O) groups is 2. The highest BCUT2D eigenvalue weighted by Gasteiger charge is 2.51. The number of carbonyl (C=O) groups excluding carboxylic acids is 2. The summed E-state index contributed by atoms with van der Waals surface area (Å²) in [5, 5.41) is 9.14. The van der Waals surface area contributed by atoms with Gasteiger partial charge in [0.2, 0.25) is 11.8 Å². The van der Waals surface area contributed by atoms with Gasteiger partial charge in [-0.05, 0) is 49.1 Å². The zero-order valence-electron chi connectivity index (χ0n) is 20.3. The second-order valence-electron chi connectivity index (χ2n) is 9.71. The van der Waals surface area contributed by atoms with Gasteiger partial charge in [0, 0.05) is 17.4 Å². The highest BCUT2D eigenvalue weighted by Crippen LogP contribution is 2.46. The van der Waals surface area contributed by atoms with Crippen LogP contribution >= 0.6 is 0 Å². The summed E-state index contributed by atoms with van der Waals surface area (Å²) < 4.78 is 0. The standard InChI is InChI=1S/C27H37N5O2/c1-2-3-4-5-6-7-8-9-10-13-28-18-24(33)31-22-12-11-20-15-27(16-21(20)14-22)23-17-29-19-30-25(23)32-26(27)34/h11-12,14,17,19,28H,2-10,13,15-16,18H2,1H3,(H,31,33)(H,29,30,32,34). The van der Waals surface area contributed by atoms with Gasteiger partial charge in [-0.15, -0.1) is 0 Å². The molecular weight excluding hydrogens is 426 g/mol. The number of rotatable bonds is 13. The van der Waals surface area contributed by atoms with E-state index in [1.54, 1.807) is 6.20 Å². The fourth-order valence-corrected chi connectivity index (χ4v) is 5.20. The molecule has 0 saturated heterocycles. The van der Waals surface area contributed by atoms with Crippen molar-refractivity contribution in [3.63, 3.8) is 0 Å². The molecule has 1 atom stereocenters. The SMILES string of the molecule is CCCCCCCCCCCNCC(=O)Nc1ccc2c(c1)CC1(C2)C(=O)Nc2ncncc21. The smallest absolute Gasteiger partial charge is 0.238 e. The Hall–Kier alpha value is -2.80. The summed E-state index contributed by atoms with van der Waals surface area (Å²) in [5.74, 6) is 0.547. The van der Waals surface area contributed by atoms with Crippen molar-refractivity contribution in [2.24, 2.45) is 0 Å². The first-order valence-electron chi connectivity index (χ1n) is 12.9. The van der Waals surface area contributed by atoms with Gasteiger partial charge in [-0.25, -0.2) is 9.97 Å². The van der Waals surface area contributed by atoms with Crippen molar-refractivity contribution in [3.8, 4) is 0 Å². The summed E-state index contributed by atoms with van der Waals surface area (Å²) in [6, 6.07) is 5.94. The molecule has 0 fully saturated rings. The summed E-state index contributed by atoms with van der Waals surface area (Å²) in [6.07, 6.45) is 16.1. The van der Waals surface area contributed by atoms with Gasteiger partial charge in [0.05, 0.1) is 12.0 Å². The monoisotopic (exact) mass is 463 g/mol. The molecule has 1 unspecified atom stereocenters. The minimum Gasteiger partial charge on any atom is -0.325 e. The van der Waals surface area contributed by atoms with E-state index < -0.39 is 5.41 Å². The predicted octanol–water partition coefficient (Wildman–Crippen LogP) is 4.52. The Morgan fingerprint density at radius 2 is 1.76 bits per heavy atom. The third kappa shape index (κ3) is 5.63. The Morgan fingerprint density at radius 1 is 1.03 bits per heavy atom. The molecule has 2 amide bonds. The summed E-state index contributed by atoms with van der Waals surface area (Å²) in [6.45, 7) is 3.43.